The van der Waals surface area contributed by atoms with Crippen molar-refractivity contribution in [2.45, 2.75) is 31.8 Å². The third kappa shape index (κ3) is 8.34. The lowest BCUT2D eigenvalue weighted by atomic mass is 10.1. The number of hydrogen-bond acceptors (Lipinski definition) is 9. The molecule has 1 heterocycles. The first-order valence-corrected chi connectivity index (χ1v) is 13.9. The lowest BCUT2D eigenvalue weighted by Gasteiger charge is -2.25. The summed E-state index contributed by atoms with van der Waals surface area (Å²) in [7, 11) is 1.65. The minimum absolute atomic E-state index is 0.0173. The number of benzene rings is 3. The highest BCUT2D eigenvalue weighted by atomic mass is 17.2. The van der Waals surface area contributed by atoms with Crippen molar-refractivity contribution in [2.75, 3.05) is 35.9 Å². The number of carbonyl (C=O) groups is 2. The molecule has 1 aromatic heterocycles. The topological polar surface area (TPSA) is 149 Å². The summed E-state index contributed by atoms with van der Waals surface area (Å²) in [6.07, 6.45) is 11.1. The van der Waals surface area contributed by atoms with Gasteiger partial charge in [0.1, 0.15) is 0 Å². The third-order valence-electron chi connectivity index (χ3n) is 6.91. The average molecular weight is 599 g/mol. The quantitative estimate of drug-likeness (QED) is 0.106. The summed E-state index contributed by atoms with van der Waals surface area (Å²) < 4.78 is 5.34. The molecule has 1 aliphatic rings. The second-order valence-electron chi connectivity index (χ2n) is 10.0. The molecule has 1 aliphatic carbocycles. The van der Waals surface area contributed by atoms with Crippen molar-refractivity contribution in [1.29, 1.82) is 0 Å². The lowest BCUT2D eigenvalue weighted by Crippen LogP contribution is -2.33. The Morgan fingerprint density at radius 2 is 1.82 bits per heavy atom. The predicted octanol–water partition coefficient (Wildman–Crippen LogP) is 4.41. The molecule has 5 rings (SSSR count). The van der Waals surface area contributed by atoms with Gasteiger partial charge in [-0.1, -0.05) is 30.3 Å². The Morgan fingerprint density at radius 1 is 1.07 bits per heavy atom. The summed E-state index contributed by atoms with van der Waals surface area (Å²) in [6, 6.07) is 20.0. The van der Waals surface area contributed by atoms with E-state index in [-0.39, 0.29) is 37.2 Å². The van der Waals surface area contributed by atoms with E-state index >= 15 is 0 Å². The summed E-state index contributed by atoms with van der Waals surface area (Å²) in [5.41, 5.74) is 3.67. The van der Waals surface area contributed by atoms with Gasteiger partial charge in [0.25, 0.3) is 5.56 Å². The maximum atomic E-state index is 13.0. The van der Waals surface area contributed by atoms with Crippen LogP contribution in [0.15, 0.2) is 77.9 Å². The van der Waals surface area contributed by atoms with Crippen molar-refractivity contribution in [3.63, 3.8) is 0 Å². The van der Waals surface area contributed by atoms with E-state index in [0.717, 1.165) is 18.4 Å². The van der Waals surface area contributed by atoms with E-state index in [1.165, 1.54) is 16.3 Å². The Hall–Kier alpha value is -5.38. The van der Waals surface area contributed by atoms with E-state index in [1.807, 2.05) is 30.3 Å². The number of rotatable bonds is 12. The number of anilines is 3. The average Bonchev–Trinajstić information content (AvgIpc) is 3.88. The number of terminal acetylenes is 1. The molecule has 2 amide bonds. The van der Waals surface area contributed by atoms with Gasteiger partial charge in [0.15, 0.2) is 0 Å². The highest BCUT2D eigenvalue weighted by Crippen LogP contribution is 2.35. The number of fused-ring (bicyclic) bond motifs is 1. The largest absolute Gasteiger partial charge is 0.449 e. The number of nitrogens with one attached hydrogen (secondary N) is 3. The number of aromatic amines is 1. The van der Waals surface area contributed by atoms with Crippen LogP contribution in [0.1, 0.15) is 24.0 Å². The van der Waals surface area contributed by atoms with Crippen LogP contribution in [0.4, 0.5) is 21.9 Å². The Bertz CT molecular complexity index is 1650. The number of carbonyl (C=O) groups excluding carboxylic acids is 2. The number of nitrogens with zero attached hydrogens (tertiary/aromatic N) is 3. The second kappa shape index (κ2) is 15.2. The molecule has 0 aliphatic heterocycles. The van der Waals surface area contributed by atoms with Crippen LogP contribution < -0.4 is 21.3 Å². The van der Waals surface area contributed by atoms with Gasteiger partial charge in [0.2, 0.25) is 5.91 Å². The summed E-state index contributed by atoms with van der Waals surface area (Å²) in [5.74, 6) is -0.220. The van der Waals surface area contributed by atoms with Crippen LogP contribution in [0.2, 0.25) is 0 Å². The van der Waals surface area contributed by atoms with E-state index in [9.17, 15) is 19.6 Å². The van der Waals surface area contributed by atoms with Gasteiger partial charge < -0.3 is 19.9 Å². The lowest BCUT2D eigenvalue weighted by molar-refractivity contribution is -0.255. The van der Waals surface area contributed by atoms with Gasteiger partial charge in [0, 0.05) is 31.4 Å². The SMILES string of the molecule is C#C.CN(Cc1cc(NC(=O)OCCc2ccccc2)ccc1N(OO)C1CC1)C(=O)CNc1ccc2nc[nH]c(=O)c2c1. The minimum Gasteiger partial charge on any atom is -0.449 e. The normalized spacial score (nSPS) is 12.0. The van der Waals surface area contributed by atoms with Gasteiger partial charge in [-0.25, -0.2) is 20.1 Å². The van der Waals surface area contributed by atoms with Crippen LogP contribution in [0.25, 0.3) is 10.9 Å². The van der Waals surface area contributed by atoms with Gasteiger partial charge in [-0.15, -0.1) is 17.8 Å². The number of amides is 2. The maximum Gasteiger partial charge on any atom is 0.411 e. The van der Waals surface area contributed by atoms with Gasteiger partial charge >= 0.3 is 6.09 Å². The molecule has 12 nitrogen and oxygen atoms in total. The summed E-state index contributed by atoms with van der Waals surface area (Å²) >= 11 is 0. The number of likely N-dealkylation sites (N-methyl/N-ethyl adjacent to an activating group) is 1. The molecule has 4 N–H and O–H groups in total. The molecule has 44 heavy (non-hydrogen) atoms. The van der Waals surface area contributed by atoms with Crippen LogP contribution in [0, 0.1) is 12.8 Å². The van der Waals surface area contributed by atoms with Crippen molar-refractivity contribution >= 4 is 40.0 Å². The third-order valence-corrected chi connectivity index (χ3v) is 6.91. The van der Waals surface area contributed by atoms with Gasteiger partial charge in [-0.05, 0) is 60.4 Å². The fourth-order valence-corrected chi connectivity index (χ4v) is 4.52. The van der Waals surface area contributed by atoms with Crippen molar-refractivity contribution in [3.8, 4) is 12.8 Å². The van der Waals surface area contributed by atoms with Crippen molar-refractivity contribution < 1.29 is 24.6 Å². The van der Waals surface area contributed by atoms with Crippen LogP contribution in [0.3, 0.4) is 0 Å². The fourth-order valence-electron chi connectivity index (χ4n) is 4.52. The molecule has 228 valence electrons. The Labute approximate surface area is 254 Å². The van der Waals surface area contributed by atoms with Crippen LogP contribution in [0.5, 0.6) is 0 Å². The minimum atomic E-state index is -0.597. The summed E-state index contributed by atoms with van der Waals surface area (Å²) in [5, 5.41) is 17.2. The first-order valence-electron chi connectivity index (χ1n) is 13.9. The van der Waals surface area contributed by atoms with Crippen molar-refractivity contribution in [1.82, 2.24) is 14.9 Å². The number of aromatic nitrogens is 2. The molecule has 0 bridgehead atoms. The molecule has 0 spiro atoms. The first-order chi connectivity index (χ1) is 21.4. The van der Waals surface area contributed by atoms with Crippen LogP contribution >= 0.6 is 0 Å². The molecule has 0 radical (unpaired) electrons. The molecule has 4 aromatic rings. The maximum absolute atomic E-state index is 13.0. The highest BCUT2D eigenvalue weighted by Gasteiger charge is 2.32. The van der Waals surface area contributed by atoms with E-state index in [0.29, 0.717) is 39.9 Å². The molecule has 0 atom stereocenters. The zero-order valence-corrected chi connectivity index (χ0v) is 24.2. The van der Waals surface area contributed by atoms with E-state index in [1.54, 1.807) is 43.4 Å². The van der Waals surface area contributed by atoms with Crippen molar-refractivity contribution in [2.24, 2.45) is 0 Å². The van der Waals surface area contributed by atoms with E-state index in [2.05, 4.69) is 38.4 Å². The monoisotopic (exact) mass is 598 g/mol. The number of ether oxygens (including phenoxy) is 1. The molecule has 1 fully saturated rings. The molecule has 1 saturated carbocycles. The standard InChI is InChI=1S/C30H32N6O6.C2H2/c1-35(28(37)17-31-22-7-11-26-25(16-22)29(38)33-19-32-26)18-21-15-23(8-12-27(21)36(42-40)24-9-10-24)34-30(39)41-14-13-20-5-3-2-4-6-20;1-2/h2-8,11-12,15-16,19,24,31,40H,9-10,13-14,17-18H2,1H3,(H,34,39)(H,32,33,38);1-2H. The van der Waals surface area contributed by atoms with Gasteiger partial charge in [-0.3, -0.25) is 14.9 Å². The van der Waals surface area contributed by atoms with Gasteiger partial charge in [0.05, 0.1) is 42.1 Å². The zero-order chi connectivity index (χ0) is 31.5. The smallest absolute Gasteiger partial charge is 0.411 e. The number of H-pyrrole nitrogens is 1. The highest BCUT2D eigenvalue weighted by molar-refractivity contribution is 5.86. The first kappa shape index (κ1) is 31.6. The Kier molecular flexibility index (Phi) is 10.9. The Balaban J connectivity index is 0.00000216. The van der Waals surface area contributed by atoms with Gasteiger partial charge in [-0.2, -0.15) is 0 Å². The number of hydroxylamine groups is 1. The predicted molar refractivity (Wildman–Crippen MR) is 168 cm³/mol. The van der Waals surface area contributed by atoms with E-state index < -0.39 is 6.09 Å². The second-order valence-corrected chi connectivity index (χ2v) is 10.0. The molecule has 3 aromatic carbocycles. The molecular formula is C32H34N6O6. The molecule has 12 heteroatoms. The molecule has 0 saturated heterocycles. The van der Waals surface area contributed by atoms with E-state index in [4.69, 9.17) is 4.74 Å². The molecular weight excluding hydrogens is 564 g/mol. The molecule has 0 unspecified atom stereocenters. The van der Waals surface area contributed by atoms with Crippen molar-refractivity contribution in [3.05, 3.63) is 94.5 Å². The Morgan fingerprint density at radius 3 is 2.55 bits per heavy atom. The van der Waals surface area contributed by atoms with Crippen LogP contribution in [-0.2, 0) is 27.5 Å². The number of hydrogen-bond donors (Lipinski definition) is 4. The summed E-state index contributed by atoms with van der Waals surface area (Å²) in [4.78, 5) is 50.5. The fraction of sp³-hybridized carbons (Fsp3) is 0.250. The zero-order valence-electron chi connectivity index (χ0n) is 24.2. The summed E-state index contributed by atoms with van der Waals surface area (Å²) in [6.45, 7) is 0.368. The van der Waals surface area contributed by atoms with Crippen LogP contribution in [-0.4, -0.2) is 58.4 Å².